The van der Waals surface area contributed by atoms with Gasteiger partial charge in [0, 0.05) is 31.6 Å². The lowest BCUT2D eigenvalue weighted by atomic mass is 10.2. The molecule has 6 heteroatoms. The molecule has 0 bridgehead atoms. The van der Waals surface area contributed by atoms with Crippen LogP contribution in [0, 0.1) is 5.82 Å². The maximum atomic E-state index is 12.9. The van der Waals surface area contributed by atoms with Crippen LogP contribution in [0.3, 0.4) is 0 Å². The van der Waals surface area contributed by atoms with Crippen LogP contribution in [-0.2, 0) is 16.2 Å². The number of benzene rings is 2. The number of hydrogen-bond acceptors (Lipinski definition) is 3. The molecule has 0 saturated carbocycles. The minimum Gasteiger partial charge on any atom is -0.489 e. The Bertz CT molecular complexity index is 747. The molecule has 2 amide bonds. The molecule has 0 fully saturated rings. The van der Waals surface area contributed by atoms with E-state index in [9.17, 15) is 14.0 Å². The summed E-state index contributed by atoms with van der Waals surface area (Å²) in [6.07, 6.45) is 2.95. The van der Waals surface area contributed by atoms with Gasteiger partial charge in [0.2, 0.25) is 11.8 Å². The van der Waals surface area contributed by atoms with Crippen molar-refractivity contribution in [3.63, 3.8) is 0 Å². The second-order valence-electron chi connectivity index (χ2n) is 6.28. The van der Waals surface area contributed by atoms with Crippen molar-refractivity contribution in [1.29, 1.82) is 0 Å². The molecule has 2 N–H and O–H groups in total. The molecule has 0 atom stereocenters. The Morgan fingerprint density at radius 3 is 2.56 bits per heavy atom. The van der Waals surface area contributed by atoms with Crippen molar-refractivity contribution in [3.8, 4) is 5.75 Å². The van der Waals surface area contributed by atoms with E-state index in [0.717, 1.165) is 24.8 Å². The van der Waals surface area contributed by atoms with Gasteiger partial charge in [-0.25, -0.2) is 4.39 Å². The average Bonchev–Trinajstić information content (AvgIpc) is 2.64. The molecule has 0 aliphatic heterocycles. The van der Waals surface area contributed by atoms with Crippen LogP contribution in [0.1, 0.15) is 38.2 Å². The van der Waals surface area contributed by atoms with E-state index in [-0.39, 0.29) is 17.6 Å². The summed E-state index contributed by atoms with van der Waals surface area (Å²) < 4.78 is 18.6. The molecule has 0 spiro atoms. The summed E-state index contributed by atoms with van der Waals surface area (Å²) in [5, 5.41) is 5.59. The van der Waals surface area contributed by atoms with E-state index in [2.05, 4.69) is 10.6 Å². The molecule has 0 heterocycles. The summed E-state index contributed by atoms with van der Waals surface area (Å²) in [5.41, 5.74) is 1.54. The smallest absolute Gasteiger partial charge is 0.224 e. The standard InChI is InChI=1S/C21H25FN2O3/c1-16(25)23-13-4-2-3-8-21(26)24-19-6-5-7-20(14-19)27-15-17-9-11-18(22)12-10-17/h5-7,9-12,14H,2-4,8,13,15H2,1H3,(H,23,25)(H,24,26). The Balaban J connectivity index is 1.71. The summed E-state index contributed by atoms with van der Waals surface area (Å²) >= 11 is 0. The summed E-state index contributed by atoms with van der Waals surface area (Å²) in [4.78, 5) is 22.8. The van der Waals surface area contributed by atoms with Gasteiger partial charge in [-0.3, -0.25) is 9.59 Å². The third kappa shape index (κ3) is 8.35. The van der Waals surface area contributed by atoms with Crippen molar-refractivity contribution in [3.05, 3.63) is 59.9 Å². The van der Waals surface area contributed by atoms with Gasteiger partial charge in [0.15, 0.2) is 0 Å². The van der Waals surface area contributed by atoms with Gasteiger partial charge < -0.3 is 15.4 Å². The first-order valence-corrected chi connectivity index (χ1v) is 9.04. The predicted molar refractivity (Wildman–Crippen MR) is 103 cm³/mol. The quantitative estimate of drug-likeness (QED) is 0.619. The zero-order chi connectivity index (χ0) is 19.5. The van der Waals surface area contributed by atoms with Crippen LogP contribution in [0.2, 0.25) is 0 Å². The maximum absolute atomic E-state index is 12.9. The molecule has 0 saturated heterocycles. The van der Waals surface area contributed by atoms with Crippen LogP contribution < -0.4 is 15.4 Å². The van der Waals surface area contributed by atoms with E-state index in [0.29, 0.717) is 31.0 Å². The highest BCUT2D eigenvalue weighted by Crippen LogP contribution is 2.19. The van der Waals surface area contributed by atoms with Gasteiger partial charge in [0.25, 0.3) is 0 Å². The Morgan fingerprint density at radius 2 is 1.81 bits per heavy atom. The predicted octanol–water partition coefficient (Wildman–Crippen LogP) is 4.04. The fraction of sp³-hybridized carbons (Fsp3) is 0.333. The molecule has 5 nitrogen and oxygen atoms in total. The molecule has 2 aromatic rings. The van der Waals surface area contributed by atoms with Crippen LogP contribution in [0.4, 0.5) is 10.1 Å². The fourth-order valence-corrected chi connectivity index (χ4v) is 2.49. The second-order valence-corrected chi connectivity index (χ2v) is 6.28. The number of hydrogen-bond donors (Lipinski definition) is 2. The second kappa shape index (κ2) is 11.0. The van der Waals surface area contributed by atoms with Crippen LogP contribution in [0.25, 0.3) is 0 Å². The lowest BCUT2D eigenvalue weighted by Crippen LogP contribution is -2.20. The Hall–Kier alpha value is -2.89. The van der Waals surface area contributed by atoms with Crippen molar-refractivity contribution in [2.45, 2.75) is 39.2 Å². The van der Waals surface area contributed by atoms with E-state index in [1.165, 1.54) is 19.1 Å². The minimum absolute atomic E-state index is 0.0331. The largest absolute Gasteiger partial charge is 0.489 e. The van der Waals surface area contributed by atoms with Crippen molar-refractivity contribution in [1.82, 2.24) is 5.32 Å². The van der Waals surface area contributed by atoms with Gasteiger partial charge in [-0.05, 0) is 42.7 Å². The molecule has 2 aromatic carbocycles. The molecule has 27 heavy (non-hydrogen) atoms. The lowest BCUT2D eigenvalue weighted by Gasteiger charge is -2.09. The van der Waals surface area contributed by atoms with E-state index in [1.54, 1.807) is 30.3 Å². The van der Waals surface area contributed by atoms with Gasteiger partial charge in [0.1, 0.15) is 18.2 Å². The number of carbonyl (C=O) groups is 2. The molecule has 0 aliphatic carbocycles. The van der Waals surface area contributed by atoms with Crippen molar-refractivity contribution < 1.29 is 18.7 Å². The number of nitrogens with one attached hydrogen (secondary N) is 2. The monoisotopic (exact) mass is 372 g/mol. The highest BCUT2D eigenvalue weighted by Gasteiger charge is 2.04. The number of rotatable bonds is 10. The van der Waals surface area contributed by atoms with Gasteiger partial charge in [-0.15, -0.1) is 0 Å². The molecule has 144 valence electrons. The van der Waals surface area contributed by atoms with Gasteiger partial charge in [0.05, 0.1) is 0 Å². The van der Waals surface area contributed by atoms with Gasteiger partial charge >= 0.3 is 0 Å². The topological polar surface area (TPSA) is 67.4 Å². The summed E-state index contributed by atoms with van der Waals surface area (Å²) in [5.74, 6) is 0.269. The third-order valence-electron chi connectivity index (χ3n) is 3.89. The van der Waals surface area contributed by atoms with Crippen molar-refractivity contribution >= 4 is 17.5 Å². The number of carbonyl (C=O) groups excluding carboxylic acids is 2. The van der Waals surface area contributed by atoms with E-state index < -0.39 is 0 Å². The highest BCUT2D eigenvalue weighted by atomic mass is 19.1. The molecular weight excluding hydrogens is 347 g/mol. The SMILES string of the molecule is CC(=O)NCCCCCC(=O)Nc1cccc(OCc2ccc(F)cc2)c1. The van der Waals surface area contributed by atoms with Crippen LogP contribution in [-0.4, -0.2) is 18.4 Å². The Labute approximate surface area is 158 Å². The summed E-state index contributed by atoms with van der Waals surface area (Å²) in [7, 11) is 0. The highest BCUT2D eigenvalue weighted by molar-refractivity contribution is 5.90. The molecular formula is C21H25FN2O3. The van der Waals surface area contributed by atoms with Crippen LogP contribution in [0.15, 0.2) is 48.5 Å². The Kier molecular flexibility index (Phi) is 8.29. The number of halogens is 1. The van der Waals surface area contributed by atoms with Gasteiger partial charge in [-0.2, -0.15) is 0 Å². The molecule has 0 radical (unpaired) electrons. The van der Waals surface area contributed by atoms with Gasteiger partial charge in [-0.1, -0.05) is 24.6 Å². The normalized spacial score (nSPS) is 10.3. The fourth-order valence-electron chi connectivity index (χ4n) is 2.49. The molecule has 0 aliphatic rings. The number of ether oxygens (including phenoxy) is 1. The van der Waals surface area contributed by atoms with Crippen molar-refractivity contribution in [2.24, 2.45) is 0 Å². The zero-order valence-electron chi connectivity index (χ0n) is 15.5. The summed E-state index contributed by atoms with van der Waals surface area (Å²) in [6, 6.07) is 13.3. The third-order valence-corrected chi connectivity index (χ3v) is 3.89. The maximum Gasteiger partial charge on any atom is 0.224 e. The molecule has 0 unspecified atom stereocenters. The average molecular weight is 372 g/mol. The van der Waals surface area contributed by atoms with Crippen LogP contribution >= 0.6 is 0 Å². The van der Waals surface area contributed by atoms with E-state index in [1.807, 2.05) is 6.07 Å². The first-order chi connectivity index (χ1) is 13.0. The number of unbranched alkanes of at least 4 members (excludes halogenated alkanes) is 2. The summed E-state index contributed by atoms with van der Waals surface area (Å²) in [6.45, 7) is 2.46. The molecule has 2 rings (SSSR count). The zero-order valence-corrected chi connectivity index (χ0v) is 15.5. The minimum atomic E-state index is -0.279. The van der Waals surface area contributed by atoms with Crippen LogP contribution in [0.5, 0.6) is 5.75 Å². The van der Waals surface area contributed by atoms with Crippen molar-refractivity contribution in [2.75, 3.05) is 11.9 Å². The first kappa shape index (κ1) is 20.4. The lowest BCUT2D eigenvalue weighted by molar-refractivity contribution is -0.119. The Morgan fingerprint density at radius 1 is 1.04 bits per heavy atom. The number of anilines is 1. The number of amides is 2. The van der Waals surface area contributed by atoms with E-state index in [4.69, 9.17) is 4.74 Å². The first-order valence-electron chi connectivity index (χ1n) is 9.04. The molecule has 0 aromatic heterocycles. The van der Waals surface area contributed by atoms with E-state index >= 15 is 0 Å².